The highest BCUT2D eigenvalue weighted by Gasteiger charge is 2.20. The third-order valence-electron chi connectivity index (χ3n) is 1.63. The molecule has 7 heteroatoms. The van der Waals surface area contributed by atoms with Crippen LogP contribution in [-0.4, -0.2) is 16.1 Å². The SMILES string of the molecule is O=C(O)Cc1cc(F)nc(Br)c1C(F)F. The molecule has 0 bridgehead atoms. The minimum atomic E-state index is -2.90. The molecular formula is C8H5BrF3NO2. The zero-order valence-electron chi connectivity index (χ0n) is 7.18. The van der Waals surface area contributed by atoms with Gasteiger partial charge in [-0.05, 0) is 27.6 Å². The highest BCUT2D eigenvalue weighted by Crippen LogP contribution is 2.29. The van der Waals surface area contributed by atoms with Crippen molar-refractivity contribution in [1.82, 2.24) is 4.98 Å². The predicted molar refractivity (Wildman–Crippen MR) is 48.2 cm³/mol. The first-order chi connectivity index (χ1) is 6.91. The van der Waals surface area contributed by atoms with Crippen LogP contribution in [0.15, 0.2) is 10.7 Å². The minimum absolute atomic E-state index is 0.281. The Bertz CT molecular complexity index is 398. The highest BCUT2D eigenvalue weighted by atomic mass is 79.9. The minimum Gasteiger partial charge on any atom is -0.481 e. The highest BCUT2D eigenvalue weighted by molar-refractivity contribution is 9.10. The fourth-order valence-corrected chi connectivity index (χ4v) is 1.68. The number of carboxylic acid groups (broad SMARTS) is 1. The van der Waals surface area contributed by atoms with E-state index in [1.54, 1.807) is 0 Å². The lowest BCUT2D eigenvalue weighted by molar-refractivity contribution is -0.136. The molecule has 1 N–H and O–H groups in total. The van der Waals surface area contributed by atoms with Crippen molar-refractivity contribution in [3.05, 3.63) is 27.7 Å². The Kier molecular flexibility index (Phi) is 3.67. The summed E-state index contributed by atoms with van der Waals surface area (Å²) < 4.78 is 37.3. The molecule has 0 aliphatic carbocycles. The third-order valence-corrected chi connectivity index (χ3v) is 2.23. The summed E-state index contributed by atoms with van der Waals surface area (Å²) in [4.78, 5) is 13.5. The first kappa shape index (κ1) is 12.0. The summed E-state index contributed by atoms with van der Waals surface area (Å²) in [7, 11) is 0. The molecule has 0 aromatic carbocycles. The molecule has 0 saturated heterocycles. The van der Waals surface area contributed by atoms with Gasteiger partial charge in [-0.1, -0.05) is 0 Å². The van der Waals surface area contributed by atoms with Gasteiger partial charge in [0.15, 0.2) is 0 Å². The van der Waals surface area contributed by atoms with Crippen molar-refractivity contribution in [2.24, 2.45) is 0 Å². The molecule has 3 nitrogen and oxygen atoms in total. The van der Waals surface area contributed by atoms with E-state index < -0.39 is 30.3 Å². The Morgan fingerprint density at radius 2 is 2.20 bits per heavy atom. The number of alkyl halides is 2. The van der Waals surface area contributed by atoms with E-state index in [1.165, 1.54) is 0 Å². The van der Waals surface area contributed by atoms with Gasteiger partial charge in [0.1, 0.15) is 4.60 Å². The predicted octanol–water partition coefficient (Wildman–Crippen LogP) is 2.55. The Morgan fingerprint density at radius 3 is 2.67 bits per heavy atom. The van der Waals surface area contributed by atoms with Gasteiger partial charge in [0, 0.05) is 0 Å². The number of nitrogens with zero attached hydrogens (tertiary/aromatic N) is 1. The zero-order chi connectivity index (χ0) is 11.6. The van der Waals surface area contributed by atoms with Crippen LogP contribution in [-0.2, 0) is 11.2 Å². The summed E-state index contributed by atoms with van der Waals surface area (Å²) in [6, 6.07) is 0.695. The molecule has 1 heterocycles. The van der Waals surface area contributed by atoms with Crippen LogP contribution in [0, 0.1) is 5.95 Å². The van der Waals surface area contributed by atoms with Gasteiger partial charge in [-0.2, -0.15) is 4.39 Å². The lowest BCUT2D eigenvalue weighted by Crippen LogP contribution is -2.07. The van der Waals surface area contributed by atoms with Gasteiger partial charge in [-0.15, -0.1) is 0 Å². The molecule has 82 valence electrons. The second kappa shape index (κ2) is 4.61. The molecule has 1 aromatic rings. The fourth-order valence-electron chi connectivity index (χ4n) is 1.08. The van der Waals surface area contributed by atoms with Gasteiger partial charge in [0.2, 0.25) is 5.95 Å². The molecule has 0 aliphatic rings. The van der Waals surface area contributed by atoms with E-state index in [2.05, 4.69) is 20.9 Å². The number of rotatable bonds is 3. The van der Waals surface area contributed by atoms with Gasteiger partial charge in [-0.3, -0.25) is 4.79 Å². The van der Waals surface area contributed by atoms with Crippen LogP contribution in [0.25, 0.3) is 0 Å². The van der Waals surface area contributed by atoms with E-state index >= 15 is 0 Å². The number of aliphatic carboxylic acids is 1. The summed E-state index contributed by atoms with van der Waals surface area (Å²) in [6.45, 7) is 0. The normalized spacial score (nSPS) is 10.7. The van der Waals surface area contributed by atoms with Gasteiger partial charge in [0.05, 0.1) is 12.0 Å². The number of hydrogen-bond acceptors (Lipinski definition) is 2. The Hall–Kier alpha value is -1.11. The average Bonchev–Trinajstić information content (AvgIpc) is 1.99. The largest absolute Gasteiger partial charge is 0.481 e. The lowest BCUT2D eigenvalue weighted by atomic mass is 10.1. The van der Waals surface area contributed by atoms with Gasteiger partial charge in [-0.25, -0.2) is 13.8 Å². The van der Waals surface area contributed by atoms with Gasteiger partial charge >= 0.3 is 5.97 Å². The molecule has 0 fully saturated rings. The third kappa shape index (κ3) is 2.92. The maximum Gasteiger partial charge on any atom is 0.307 e. The van der Waals surface area contributed by atoms with E-state index in [0.717, 1.165) is 0 Å². The van der Waals surface area contributed by atoms with Crippen molar-refractivity contribution in [3.8, 4) is 0 Å². The maximum absolute atomic E-state index is 12.7. The van der Waals surface area contributed by atoms with Gasteiger partial charge in [0.25, 0.3) is 6.43 Å². The average molecular weight is 284 g/mol. The molecular weight excluding hydrogens is 279 g/mol. The quantitative estimate of drug-likeness (QED) is 0.868. The Balaban J connectivity index is 3.26. The van der Waals surface area contributed by atoms with Crippen molar-refractivity contribution in [1.29, 1.82) is 0 Å². The number of aromatic nitrogens is 1. The molecule has 15 heavy (non-hydrogen) atoms. The van der Waals surface area contributed by atoms with Crippen LogP contribution in [0.5, 0.6) is 0 Å². The summed E-state index contributed by atoms with van der Waals surface area (Å²) >= 11 is 2.66. The van der Waals surface area contributed by atoms with Crippen LogP contribution in [0.4, 0.5) is 13.2 Å². The van der Waals surface area contributed by atoms with Crippen LogP contribution in [0.3, 0.4) is 0 Å². The summed E-state index contributed by atoms with van der Waals surface area (Å²) in [5.41, 5.74) is -0.865. The first-order valence-electron chi connectivity index (χ1n) is 3.76. The second-order valence-corrected chi connectivity index (χ2v) is 3.43. The number of halogens is 4. The van der Waals surface area contributed by atoms with Crippen LogP contribution >= 0.6 is 15.9 Å². The van der Waals surface area contributed by atoms with E-state index in [4.69, 9.17) is 5.11 Å². The van der Waals surface area contributed by atoms with Crippen LogP contribution in [0.1, 0.15) is 17.6 Å². The molecule has 0 unspecified atom stereocenters. The fraction of sp³-hybridized carbons (Fsp3) is 0.250. The molecule has 1 rings (SSSR count). The van der Waals surface area contributed by atoms with Crippen molar-refractivity contribution in [3.63, 3.8) is 0 Å². The number of hydrogen-bond donors (Lipinski definition) is 1. The smallest absolute Gasteiger partial charge is 0.307 e. The molecule has 0 saturated carbocycles. The van der Waals surface area contributed by atoms with Crippen molar-refractivity contribution < 1.29 is 23.1 Å². The lowest BCUT2D eigenvalue weighted by Gasteiger charge is -2.08. The monoisotopic (exact) mass is 283 g/mol. The van der Waals surface area contributed by atoms with E-state index in [0.29, 0.717) is 6.07 Å². The van der Waals surface area contributed by atoms with Crippen LogP contribution in [0.2, 0.25) is 0 Å². The zero-order valence-corrected chi connectivity index (χ0v) is 8.76. The standard InChI is InChI=1S/C8H5BrF3NO2/c9-7-6(8(11)12)3(2-5(14)15)1-4(10)13-7/h1,8H,2H2,(H,14,15). The molecule has 0 amide bonds. The number of carbonyl (C=O) groups is 1. The molecule has 0 spiro atoms. The van der Waals surface area contributed by atoms with Crippen molar-refractivity contribution >= 4 is 21.9 Å². The van der Waals surface area contributed by atoms with Gasteiger partial charge < -0.3 is 5.11 Å². The topological polar surface area (TPSA) is 50.2 Å². The summed E-state index contributed by atoms with van der Waals surface area (Å²) in [6.07, 6.45) is -3.57. The van der Waals surface area contributed by atoms with E-state index in [9.17, 15) is 18.0 Å². The maximum atomic E-state index is 12.7. The van der Waals surface area contributed by atoms with Crippen molar-refractivity contribution in [2.45, 2.75) is 12.8 Å². The molecule has 1 aromatic heterocycles. The molecule has 0 radical (unpaired) electrons. The first-order valence-corrected chi connectivity index (χ1v) is 4.56. The Labute approximate surface area is 91.1 Å². The summed E-state index contributed by atoms with van der Waals surface area (Å²) in [5.74, 6) is -2.31. The molecule has 0 atom stereocenters. The van der Waals surface area contributed by atoms with Crippen LogP contribution < -0.4 is 0 Å². The second-order valence-electron chi connectivity index (χ2n) is 2.68. The van der Waals surface area contributed by atoms with E-state index in [1.807, 2.05) is 0 Å². The Morgan fingerprint density at radius 1 is 1.60 bits per heavy atom. The molecule has 0 aliphatic heterocycles. The summed E-state index contributed by atoms with van der Waals surface area (Å²) in [5, 5.41) is 8.45. The number of carboxylic acids is 1. The number of pyridine rings is 1. The van der Waals surface area contributed by atoms with Crippen molar-refractivity contribution in [2.75, 3.05) is 0 Å². The van der Waals surface area contributed by atoms with E-state index in [-0.39, 0.29) is 10.2 Å².